The Morgan fingerprint density at radius 2 is 1.86 bits per heavy atom. The van der Waals surface area contributed by atoms with Gasteiger partial charge in [-0.3, -0.25) is 0 Å². The molecule has 21 heavy (non-hydrogen) atoms. The summed E-state index contributed by atoms with van der Waals surface area (Å²) in [4.78, 5) is 4.16. The fourth-order valence-electron chi connectivity index (χ4n) is 1.97. The van der Waals surface area contributed by atoms with Crippen LogP contribution in [0, 0.1) is 5.82 Å². The zero-order valence-corrected chi connectivity index (χ0v) is 11.4. The average Bonchev–Trinajstić information content (AvgIpc) is 2.66. The van der Waals surface area contributed by atoms with Crippen molar-refractivity contribution < 1.29 is 17.6 Å². The summed E-state index contributed by atoms with van der Waals surface area (Å²) in [5.74, 6) is 4.78. The number of aromatic nitrogens is 2. The van der Waals surface area contributed by atoms with Crippen LogP contribution in [-0.2, 0) is 6.18 Å². The highest BCUT2D eigenvalue weighted by atomic mass is 19.4. The van der Waals surface area contributed by atoms with E-state index < -0.39 is 17.6 Å². The van der Waals surface area contributed by atoms with Crippen LogP contribution in [0.2, 0.25) is 0 Å². The van der Waals surface area contributed by atoms with Gasteiger partial charge in [-0.1, -0.05) is 13.8 Å². The van der Waals surface area contributed by atoms with Gasteiger partial charge in [0, 0.05) is 11.5 Å². The number of nitrogen functional groups attached to an aromatic ring is 2. The van der Waals surface area contributed by atoms with E-state index in [-0.39, 0.29) is 23.0 Å². The summed E-state index contributed by atoms with van der Waals surface area (Å²) in [5, 5.41) is 0. The number of benzene rings is 1. The van der Waals surface area contributed by atoms with E-state index in [1.807, 2.05) is 13.8 Å². The molecule has 2 aromatic rings. The summed E-state index contributed by atoms with van der Waals surface area (Å²) < 4.78 is 52.6. The van der Waals surface area contributed by atoms with E-state index in [0.29, 0.717) is 11.9 Å². The van der Waals surface area contributed by atoms with E-state index in [2.05, 4.69) is 4.98 Å². The molecule has 2 rings (SSSR count). The highest BCUT2D eigenvalue weighted by Gasteiger charge is 2.34. The normalized spacial score (nSPS) is 12.1. The number of anilines is 1. The number of nitrogens with zero attached hydrogens (tertiary/aromatic N) is 2. The van der Waals surface area contributed by atoms with Crippen molar-refractivity contribution in [1.29, 1.82) is 0 Å². The lowest BCUT2D eigenvalue weighted by atomic mass is 10.1. The maximum absolute atomic E-state index is 13.3. The molecule has 4 nitrogen and oxygen atoms in total. The van der Waals surface area contributed by atoms with Crippen molar-refractivity contribution in [3.8, 4) is 11.3 Å². The van der Waals surface area contributed by atoms with Crippen LogP contribution in [0.5, 0.6) is 0 Å². The smallest absolute Gasteiger partial charge is 0.382 e. The van der Waals surface area contributed by atoms with E-state index in [1.54, 1.807) is 0 Å². The minimum absolute atomic E-state index is 0.0263. The Morgan fingerprint density at radius 3 is 2.33 bits per heavy atom. The van der Waals surface area contributed by atoms with Gasteiger partial charge in [0.05, 0.1) is 5.56 Å². The third-order valence-electron chi connectivity index (χ3n) is 3.04. The number of halogens is 4. The molecule has 0 spiro atoms. The molecular formula is C13H14F4N4. The van der Waals surface area contributed by atoms with Gasteiger partial charge in [-0.15, -0.1) is 0 Å². The fraction of sp³-hybridized carbons (Fsp3) is 0.308. The van der Waals surface area contributed by atoms with Crippen LogP contribution in [0.15, 0.2) is 18.2 Å². The summed E-state index contributed by atoms with van der Waals surface area (Å²) in [5.41, 5.74) is 4.57. The molecule has 0 saturated carbocycles. The highest BCUT2D eigenvalue weighted by molar-refractivity contribution is 5.72. The van der Waals surface area contributed by atoms with Gasteiger partial charge in [0.25, 0.3) is 0 Å². The Labute approximate surface area is 118 Å². The molecule has 0 aliphatic carbocycles. The number of rotatable bonds is 2. The average molecular weight is 302 g/mol. The van der Waals surface area contributed by atoms with Gasteiger partial charge in [-0.25, -0.2) is 14.1 Å². The SMILES string of the molecule is CC(C)c1nc(-c2ccc(F)c(C(F)(F)F)c2)c(N)n1N. The van der Waals surface area contributed by atoms with Gasteiger partial charge in [0.2, 0.25) is 0 Å². The molecule has 1 aromatic heterocycles. The maximum Gasteiger partial charge on any atom is 0.419 e. The first kappa shape index (κ1) is 15.1. The quantitative estimate of drug-likeness (QED) is 0.661. The lowest BCUT2D eigenvalue weighted by Gasteiger charge is -2.09. The lowest BCUT2D eigenvalue weighted by Crippen LogP contribution is -2.16. The summed E-state index contributed by atoms with van der Waals surface area (Å²) in [6, 6.07) is 2.60. The van der Waals surface area contributed by atoms with Gasteiger partial charge in [-0.2, -0.15) is 13.2 Å². The van der Waals surface area contributed by atoms with Crippen LogP contribution in [0.4, 0.5) is 23.4 Å². The van der Waals surface area contributed by atoms with Crippen molar-refractivity contribution in [3.05, 3.63) is 35.4 Å². The highest BCUT2D eigenvalue weighted by Crippen LogP contribution is 2.35. The zero-order chi connectivity index (χ0) is 15.9. The van der Waals surface area contributed by atoms with Crippen molar-refractivity contribution in [3.63, 3.8) is 0 Å². The van der Waals surface area contributed by atoms with Gasteiger partial charge in [0.1, 0.15) is 17.3 Å². The number of imidazole rings is 1. The molecule has 0 radical (unpaired) electrons. The first-order valence-electron chi connectivity index (χ1n) is 6.13. The topological polar surface area (TPSA) is 69.9 Å². The predicted octanol–water partition coefficient (Wildman–Crippen LogP) is 3.13. The second kappa shape index (κ2) is 4.94. The molecule has 0 aliphatic rings. The Morgan fingerprint density at radius 1 is 1.24 bits per heavy atom. The first-order chi connectivity index (χ1) is 9.62. The number of alkyl halides is 3. The van der Waals surface area contributed by atoms with Crippen LogP contribution >= 0.6 is 0 Å². The predicted molar refractivity (Wildman–Crippen MR) is 71.3 cm³/mol. The van der Waals surface area contributed by atoms with Crippen molar-refractivity contribution >= 4 is 5.82 Å². The third-order valence-corrected chi connectivity index (χ3v) is 3.04. The third kappa shape index (κ3) is 2.65. The second-order valence-electron chi connectivity index (χ2n) is 4.92. The molecule has 1 aromatic carbocycles. The molecule has 8 heteroatoms. The second-order valence-corrected chi connectivity index (χ2v) is 4.92. The molecule has 0 saturated heterocycles. The van der Waals surface area contributed by atoms with Gasteiger partial charge >= 0.3 is 6.18 Å². The molecule has 0 unspecified atom stereocenters. The molecule has 0 atom stereocenters. The Balaban J connectivity index is 2.61. The van der Waals surface area contributed by atoms with E-state index in [0.717, 1.165) is 10.7 Å². The van der Waals surface area contributed by atoms with Crippen molar-refractivity contribution in [2.24, 2.45) is 0 Å². The standard InChI is InChI=1S/C13H14F4N4/c1-6(2)12-20-10(11(18)21(12)19)7-3-4-9(14)8(5-7)13(15,16)17/h3-6H,18-19H2,1-2H3. The summed E-state index contributed by atoms with van der Waals surface area (Å²) in [7, 11) is 0. The number of hydrogen-bond acceptors (Lipinski definition) is 3. The van der Waals surface area contributed by atoms with Crippen molar-refractivity contribution in [2.45, 2.75) is 25.9 Å². The van der Waals surface area contributed by atoms with Gasteiger partial charge in [-0.05, 0) is 18.2 Å². The summed E-state index contributed by atoms with van der Waals surface area (Å²) in [6.07, 6.45) is -4.79. The molecular weight excluding hydrogens is 288 g/mol. The molecule has 1 heterocycles. The van der Waals surface area contributed by atoms with Crippen LogP contribution < -0.4 is 11.6 Å². The monoisotopic (exact) mass is 302 g/mol. The molecule has 0 fully saturated rings. The van der Waals surface area contributed by atoms with Gasteiger partial charge in [0.15, 0.2) is 5.82 Å². The van der Waals surface area contributed by atoms with E-state index in [9.17, 15) is 17.6 Å². The number of nitrogens with two attached hydrogens (primary N) is 2. The van der Waals surface area contributed by atoms with E-state index >= 15 is 0 Å². The van der Waals surface area contributed by atoms with Crippen molar-refractivity contribution in [2.75, 3.05) is 11.6 Å². The maximum atomic E-state index is 13.3. The van der Waals surface area contributed by atoms with E-state index in [1.165, 1.54) is 6.07 Å². The molecule has 114 valence electrons. The summed E-state index contributed by atoms with van der Waals surface area (Å²) >= 11 is 0. The Kier molecular flexibility index (Phi) is 3.56. The summed E-state index contributed by atoms with van der Waals surface area (Å²) in [6.45, 7) is 3.64. The Bertz CT molecular complexity index is 674. The molecule has 0 amide bonds. The number of hydrogen-bond donors (Lipinski definition) is 2. The van der Waals surface area contributed by atoms with Crippen LogP contribution in [0.3, 0.4) is 0 Å². The van der Waals surface area contributed by atoms with Gasteiger partial charge < -0.3 is 11.6 Å². The lowest BCUT2D eigenvalue weighted by molar-refractivity contribution is -0.139. The van der Waals surface area contributed by atoms with Crippen LogP contribution in [0.1, 0.15) is 31.2 Å². The minimum Gasteiger partial charge on any atom is -0.382 e. The van der Waals surface area contributed by atoms with E-state index in [4.69, 9.17) is 11.6 Å². The van der Waals surface area contributed by atoms with Crippen LogP contribution in [-0.4, -0.2) is 9.66 Å². The first-order valence-corrected chi connectivity index (χ1v) is 6.13. The molecule has 0 bridgehead atoms. The fourth-order valence-corrected chi connectivity index (χ4v) is 1.97. The van der Waals surface area contributed by atoms with Crippen molar-refractivity contribution in [1.82, 2.24) is 9.66 Å². The molecule has 4 N–H and O–H groups in total. The Hall–Kier alpha value is -2.25. The molecule has 0 aliphatic heterocycles. The van der Waals surface area contributed by atoms with Crippen LogP contribution in [0.25, 0.3) is 11.3 Å². The zero-order valence-electron chi connectivity index (χ0n) is 11.4. The minimum atomic E-state index is -4.79. The largest absolute Gasteiger partial charge is 0.419 e.